The van der Waals surface area contributed by atoms with Crippen LogP contribution in [-0.4, -0.2) is 39.5 Å². The third-order valence-corrected chi connectivity index (χ3v) is 4.55. The molecule has 2 aromatic rings. The van der Waals surface area contributed by atoms with Crippen LogP contribution in [0.25, 0.3) is 10.9 Å². The van der Waals surface area contributed by atoms with E-state index in [1.807, 2.05) is 19.2 Å². The van der Waals surface area contributed by atoms with Gasteiger partial charge in [0, 0.05) is 50.0 Å². The molecule has 1 atom stereocenters. The number of nitrogens with zero attached hydrogens (tertiary/aromatic N) is 1. The molecule has 0 spiro atoms. The Morgan fingerprint density at radius 2 is 2.00 bits per heavy atom. The number of pyridine rings is 1. The van der Waals surface area contributed by atoms with Gasteiger partial charge in [0.25, 0.3) is 0 Å². The number of fused-ring (bicyclic) bond motifs is 2. The van der Waals surface area contributed by atoms with Crippen molar-refractivity contribution < 1.29 is 14.2 Å². The number of hydrogen-bond acceptors (Lipinski definition) is 5. The van der Waals surface area contributed by atoms with Crippen LogP contribution in [0.15, 0.2) is 12.1 Å². The molecule has 5 heteroatoms. The predicted molar refractivity (Wildman–Crippen MR) is 96.4 cm³/mol. The summed E-state index contributed by atoms with van der Waals surface area (Å²) >= 11 is 0. The molecule has 1 N–H and O–H groups in total. The van der Waals surface area contributed by atoms with Gasteiger partial charge in [-0.3, -0.25) is 4.98 Å². The fourth-order valence-corrected chi connectivity index (χ4v) is 3.44. The summed E-state index contributed by atoms with van der Waals surface area (Å²) in [5, 5.41) is 4.46. The van der Waals surface area contributed by atoms with Crippen molar-refractivity contribution in [3.05, 3.63) is 23.4 Å². The molecule has 0 radical (unpaired) electrons. The second-order valence-corrected chi connectivity index (χ2v) is 6.39. The molecule has 3 rings (SSSR count). The van der Waals surface area contributed by atoms with E-state index in [1.54, 1.807) is 14.2 Å². The van der Waals surface area contributed by atoms with Gasteiger partial charge in [-0.15, -0.1) is 0 Å². The normalized spacial score (nSPS) is 16.2. The maximum Gasteiger partial charge on any atom is 0.163 e. The number of nitrogens with one attached hydrogen (secondary N) is 1. The second-order valence-electron chi connectivity index (χ2n) is 6.39. The van der Waals surface area contributed by atoms with Crippen LogP contribution in [0, 0.1) is 5.92 Å². The summed E-state index contributed by atoms with van der Waals surface area (Å²) in [6.45, 7) is 3.55. The van der Waals surface area contributed by atoms with E-state index in [1.165, 1.54) is 16.9 Å². The summed E-state index contributed by atoms with van der Waals surface area (Å²) in [6.07, 6.45) is 2.95. The summed E-state index contributed by atoms with van der Waals surface area (Å²) < 4.78 is 16.5. The molecule has 1 aliphatic carbocycles. The van der Waals surface area contributed by atoms with Crippen LogP contribution in [0.4, 0.5) is 5.69 Å². The maximum absolute atomic E-state index is 5.89. The number of ether oxygens (including phenoxy) is 3. The minimum Gasteiger partial charge on any atom is -0.493 e. The summed E-state index contributed by atoms with van der Waals surface area (Å²) in [6, 6.07) is 4.02. The average Bonchev–Trinajstić information content (AvgIpc) is 2.95. The van der Waals surface area contributed by atoms with E-state index in [9.17, 15) is 0 Å². The first-order valence-electron chi connectivity index (χ1n) is 8.50. The number of rotatable bonds is 7. The highest BCUT2D eigenvalue weighted by atomic mass is 16.5. The van der Waals surface area contributed by atoms with E-state index in [2.05, 4.69) is 12.2 Å². The highest BCUT2D eigenvalue weighted by Gasteiger charge is 2.24. The molecule has 24 heavy (non-hydrogen) atoms. The maximum atomic E-state index is 5.89. The van der Waals surface area contributed by atoms with Gasteiger partial charge in [0.2, 0.25) is 0 Å². The fourth-order valence-electron chi connectivity index (χ4n) is 3.44. The lowest BCUT2D eigenvalue weighted by Gasteiger charge is -2.16. The van der Waals surface area contributed by atoms with Crippen LogP contribution < -0.4 is 14.8 Å². The van der Waals surface area contributed by atoms with Crippen LogP contribution >= 0.6 is 0 Å². The van der Waals surface area contributed by atoms with Crippen LogP contribution in [0.3, 0.4) is 0 Å². The molecule has 0 saturated carbocycles. The van der Waals surface area contributed by atoms with E-state index in [-0.39, 0.29) is 0 Å². The van der Waals surface area contributed by atoms with E-state index in [0.29, 0.717) is 19.1 Å². The van der Waals surface area contributed by atoms with Crippen molar-refractivity contribution in [3.63, 3.8) is 0 Å². The Morgan fingerprint density at radius 1 is 1.17 bits per heavy atom. The highest BCUT2D eigenvalue weighted by molar-refractivity contribution is 5.95. The number of hydrogen-bond donors (Lipinski definition) is 1. The molecule has 130 valence electrons. The molecule has 1 aliphatic rings. The van der Waals surface area contributed by atoms with Gasteiger partial charge in [-0.25, -0.2) is 0 Å². The topological polar surface area (TPSA) is 52.6 Å². The SMILES string of the molecule is CNc1c2c(nc3cc(OCCCOC)c(OC)cc13)CC(C)C2. The molecule has 1 aromatic heterocycles. The number of benzene rings is 1. The molecule has 1 unspecified atom stereocenters. The van der Waals surface area contributed by atoms with Gasteiger partial charge >= 0.3 is 0 Å². The van der Waals surface area contributed by atoms with E-state index in [4.69, 9.17) is 19.2 Å². The van der Waals surface area contributed by atoms with Crippen LogP contribution in [0.5, 0.6) is 11.5 Å². The van der Waals surface area contributed by atoms with E-state index in [0.717, 1.165) is 41.7 Å². The van der Waals surface area contributed by atoms with Gasteiger partial charge in [-0.2, -0.15) is 0 Å². The van der Waals surface area contributed by atoms with Crippen molar-refractivity contribution >= 4 is 16.6 Å². The van der Waals surface area contributed by atoms with Gasteiger partial charge in [0.1, 0.15) is 0 Å². The van der Waals surface area contributed by atoms with Crippen molar-refractivity contribution in [1.82, 2.24) is 4.98 Å². The molecular formula is C19H26N2O3. The van der Waals surface area contributed by atoms with E-state index < -0.39 is 0 Å². The molecule has 0 bridgehead atoms. The fraction of sp³-hybridized carbons (Fsp3) is 0.526. The Balaban J connectivity index is 2.02. The van der Waals surface area contributed by atoms with E-state index >= 15 is 0 Å². The van der Waals surface area contributed by atoms with Crippen molar-refractivity contribution in [2.45, 2.75) is 26.2 Å². The van der Waals surface area contributed by atoms with Crippen molar-refractivity contribution in [2.75, 3.05) is 39.8 Å². The summed E-state index contributed by atoms with van der Waals surface area (Å²) in [5.41, 5.74) is 4.67. The molecule has 1 heterocycles. The zero-order valence-corrected chi connectivity index (χ0v) is 14.9. The van der Waals surface area contributed by atoms with Crippen LogP contribution in [0.1, 0.15) is 24.6 Å². The number of anilines is 1. The lowest BCUT2D eigenvalue weighted by atomic mass is 10.1. The van der Waals surface area contributed by atoms with Gasteiger partial charge < -0.3 is 19.5 Å². The Hall–Kier alpha value is -2.01. The monoisotopic (exact) mass is 330 g/mol. The van der Waals surface area contributed by atoms with Gasteiger partial charge in [0.05, 0.1) is 19.2 Å². The van der Waals surface area contributed by atoms with Crippen LogP contribution in [0.2, 0.25) is 0 Å². The first-order valence-corrected chi connectivity index (χ1v) is 8.50. The molecular weight excluding hydrogens is 304 g/mol. The molecule has 0 saturated heterocycles. The minimum absolute atomic E-state index is 0.594. The van der Waals surface area contributed by atoms with Gasteiger partial charge in [0.15, 0.2) is 11.5 Å². The average molecular weight is 330 g/mol. The molecule has 0 amide bonds. The van der Waals surface area contributed by atoms with Gasteiger partial charge in [-0.05, 0) is 30.4 Å². The molecule has 0 fully saturated rings. The zero-order valence-electron chi connectivity index (χ0n) is 14.9. The summed E-state index contributed by atoms with van der Waals surface area (Å²) in [5.74, 6) is 2.12. The lowest BCUT2D eigenvalue weighted by Crippen LogP contribution is -2.04. The Morgan fingerprint density at radius 3 is 2.71 bits per heavy atom. The van der Waals surface area contributed by atoms with Crippen LogP contribution in [-0.2, 0) is 17.6 Å². The quantitative estimate of drug-likeness (QED) is 0.788. The minimum atomic E-state index is 0.594. The Bertz CT molecular complexity index is 730. The highest BCUT2D eigenvalue weighted by Crippen LogP contribution is 2.40. The third kappa shape index (κ3) is 3.13. The summed E-state index contributed by atoms with van der Waals surface area (Å²) in [4.78, 5) is 4.89. The standard InChI is InChI=1S/C19H26N2O3/c1-12-8-13-15(9-12)21-16-11-18(24-7-5-6-22-3)17(23-4)10-14(16)19(13)20-2/h10-12H,5-9H2,1-4H3,(H,20,21). The largest absolute Gasteiger partial charge is 0.493 e. The lowest BCUT2D eigenvalue weighted by molar-refractivity contribution is 0.170. The molecule has 1 aromatic carbocycles. The zero-order chi connectivity index (χ0) is 17.1. The Kier molecular flexibility index (Phi) is 5.09. The first-order chi connectivity index (χ1) is 11.7. The first kappa shape index (κ1) is 16.8. The molecule has 0 aliphatic heterocycles. The number of methoxy groups -OCH3 is 2. The van der Waals surface area contributed by atoms with Crippen molar-refractivity contribution in [3.8, 4) is 11.5 Å². The third-order valence-electron chi connectivity index (χ3n) is 4.55. The predicted octanol–water partition coefficient (Wildman–Crippen LogP) is 3.44. The summed E-state index contributed by atoms with van der Waals surface area (Å²) in [7, 11) is 5.34. The number of aromatic nitrogens is 1. The second kappa shape index (κ2) is 7.26. The smallest absolute Gasteiger partial charge is 0.163 e. The Labute approximate surface area is 143 Å². The molecule has 5 nitrogen and oxygen atoms in total. The van der Waals surface area contributed by atoms with Gasteiger partial charge in [-0.1, -0.05) is 6.92 Å². The van der Waals surface area contributed by atoms with Crippen molar-refractivity contribution in [2.24, 2.45) is 5.92 Å². The van der Waals surface area contributed by atoms with Crippen molar-refractivity contribution in [1.29, 1.82) is 0 Å².